The lowest BCUT2D eigenvalue weighted by atomic mass is 10.1. The number of carbonyl (C=O) groups is 2. The molecule has 3 unspecified atom stereocenters. The van der Waals surface area contributed by atoms with Crippen molar-refractivity contribution in [1.29, 1.82) is 0 Å². The monoisotopic (exact) mass is 442 g/mol. The van der Waals surface area contributed by atoms with Gasteiger partial charge in [-0.25, -0.2) is 4.79 Å². The van der Waals surface area contributed by atoms with Crippen molar-refractivity contribution >= 4 is 11.9 Å². The Balaban J connectivity index is 1.26. The molecule has 4 heterocycles. The Hall–Kier alpha value is -2.04. The number of imide groups is 1. The van der Waals surface area contributed by atoms with Crippen molar-refractivity contribution < 1.29 is 14.3 Å². The van der Waals surface area contributed by atoms with Crippen LogP contribution < -0.4 is 5.32 Å². The van der Waals surface area contributed by atoms with Crippen LogP contribution in [-0.4, -0.2) is 121 Å². The Morgan fingerprint density at radius 1 is 1.00 bits per heavy atom. The van der Waals surface area contributed by atoms with E-state index in [2.05, 4.69) is 44.3 Å². The highest BCUT2D eigenvalue weighted by Crippen LogP contribution is 2.30. The third-order valence-corrected chi connectivity index (χ3v) is 7.24. The smallest absolute Gasteiger partial charge is 0.327 e. The number of morpholine rings is 1. The van der Waals surface area contributed by atoms with Crippen LogP contribution in [0.3, 0.4) is 0 Å². The Morgan fingerprint density at radius 2 is 1.78 bits per heavy atom. The molecule has 3 amide bonds. The lowest BCUT2D eigenvalue weighted by Crippen LogP contribution is -2.67. The minimum atomic E-state index is -0.327. The first-order valence-electron chi connectivity index (χ1n) is 11.8. The third kappa shape index (κ3) is 4.15. The zero-order valence-electron chi connectivity index (χ0n) is 18.9. The van der Waals surface area contributed by atoms with Crippen molar-refractivity contribution in [1.82, 2.24) is 29.8 Å². The van der Waals surface area contributed by atoms with Gasteiger partial charge in [0, 0.05) is 52.9 Å². The standard InChI is InChI=1S/C23H34N6O3/c1-25-20-19(21(30)29(23(25)31)13-12-26-14-16-32-17-15-26)28-10-5-9-27(22(28)24-20)11-8-18-6-3-2-4-7-18/h2-4,6-7,19-20,22,24H,5,8-17H2,1H3. The average molecular weight is 443 g/mol. The van der Waals surface area contributed by atoms with Gasteiger partial charge in [0.05, 0.1) is 13.2 Å². The molecule has 5 rings (SSSR count). The maximum Gasteiger partial charge on any atom is 0.327 e. The number of ether oxygens (including phenoxy) is 1. The maximum absolute atomic E-state index is 13.5. The predicted molar refractivity (Wildman–Crippen MR) is 120 cm³/mol. The van der Waals surface area contributed by atoms with Gasteiger partial charge in [-0.3, -0.25) is 29.7 Å². The summed E-state index contributed by atoms with van der Waals surface area (Å²) in [7, 11) is 1.81. The van der Waals surface area contributed by atoms with E-state index in [0.717, 1.165) is 45.6 Å². The molecular formula is C23H34N6O3. The van der Waals surface area contributed by atoms with E-state index in [0.29, 0.717) is 26.3 Å². The fourth-order valence-corrected chi connectivity index (χ4v) is 5.42. The summed E-state index contributed by atoms with van der Waals surface area (Å²) in [6, 6.07) is 9.98. The second kappa shape index (κ2) is 9.44. The average Bonchev–Trinajstić information content (AvgIpc) is 3.23. The number of nitrogens with one attached hydrogen (secondary N) is 1. The summed E-state index contributed by atoms with van der Waals surface area (Å²) in [5, 5.41) is 3.60. The zero-order chi connectivity index (χ0) is 22.1. The first kappa shape index (κ1) is 21.8. The van der Waals surface area contributed by atoms with E-state index >= 15 is 0 Å². The summed E-state index contributed by atoms with van der Waals surface area (Å²) >= 11 is 0. The van der Waals surface area contributed by atoms with Gasteiger partial charge in [0.15, 0.2) is 0 Å². The van der Waals surface area contributed by atoms with E-state index in [4.69, 9.17) is 4.74 Å². The molecule has 9 nitrogen and oxygen atoms in total. The number of benzene rings is 1. The van der Waals surface area contributed by atoms with Crippen molar-refractivity contribution in [3.63, 3.8) is 0 Å². The molecular weight excluding hydrogens is 408 g/mol. The van der Waals surface area contributed by atoms with Crippen LogP contribution >= 0.6 is 0 Å². The number of nitrogens with zero attached hydrogens (tertiary/aromatic N) is 5. The third-order valence-electron chi connectivity index (χ3n) is 7.24. The first-order valence-corrected chi connectivity index (χ1v) is 11.8. The van der Waals surface area contributed by atoms with E-state index in [1.165, 1.54) is 10.5 Å². The number of rotatable bonds is 6. The van der Waals surface area contributed by atoms with E-state index in [1.807, 2.05) is 13.1 Å². The van der Waals surface area contributed by atoms with Crippen LogP contribution in [0.4, 0.5) is 4.79 Å². The van der Waals surface area contributed by atoms with Crippen molar-refractivity contribution in [2.45, 2.75) is 31.3 Å². The number of carbonyl (C=O) groups excluding carboxylic acids is 2. The highest BCUT2D eigenvalue weighted by Gasteiger charge is 2.55. The molecule has 1 N–H and O–H groups in total. The van der Waals surface area contributed by atoms with Crippen LogP contribution in [0.5, 0.6) is 0 Å². The quantitative estimate of drug-likeness (QED) is 0.667. The summed E-state index contributed by atoms with van der Waals surface area (Å²) in [6.07, 6.45) is 1.70. The van der Waals surface area contributed by atoms with Crippen molar-refractivity contribution in [2.24, 2.45) is 0 Å². The summed E-state index contributed by atoms with van der Waals surface area (Å²) in [6.45, 7) is 7.04. The summed E-state index contributed by atoms with van der Waals surface area (Å²) < 4.78 is 5.41. The molecule has 1 aromatic rings. The number of amides is 3. The van der Waals surface area contributed by atoms with Crippen LogP contribution in [0.15, 0.2) is 30.3 Å². The van der Waals surface area contributed by atoms with Gasteiger partial charge in [0.25, 0.3) is 5.91 Å². The summed E-state index contributed by atoms with van der Waals surface area (Å²) in [5.41, 5.74) is 1.32. The second-order valence-corrected chi connectivity index (χ2v) is 9.13. The molecule has 4 aliphatic heterocycles. The highest BCUT2D eigenvalue weighted by molar-refractivity contribution is 6.00. The fourth-order valence-electron chi connectivity index (χ4n) is 5.42. The highest BCUT2D eigenvalue weighted by atomic mass is 16.5. The maximum atomic E-state index is 13.5. The summed E-state index contributed by atoms with van der Waals surface area (Å²) in [5.74, 6) is -0.0636. The molecule has 4 aliphatic rings. The molecule has 0 saturated carbocycles. The molecule has 0 radical (unpaired) electrons. The number of hydrogen-bond acceptors (Lipinski definition) is 7. The number of likely N-dealkylation sites (N-methyl/N-ethyl adjacent to an activating group) is 1. The van der Waals surface area contributed by atoms with Crippen LogP contribution in [0.2, 0.25) is 0 Å². The Morgan fingerprint density at radius 3 is 2.56 bits per heavy atom. The number of fused-ring (bicyclic) bond motifs is 3. The van der Waals surface area contributed by atoms with Gasteiger partial charge in [-0.2, -0.15) is 0 Å². The molecule has 0 aliphatic carbocycles. The lowest BCUT2D eigenvalue weighted by Gasteiger charge is -2.43. The van der Waals surface area contributed by atoms with Crippen molar-refractivity contribution in [2.75, 3.05) is 66.1 Å². The van der Waals surface area contributed by atoms with Gasteiger partial charge in [-0.15, -0.1) is 0 Å². The van der Waals surface area contributed by atoms with Crippen molar-refractivity contribution in [3.05, 3.63) is 35.9 Å². The van der Waals surface area contributed by atoms with Gasteiger partial charge in [0.2, 0.25) is 0 Å². The lowest BCUT2D eigenvalue weighted by molar-refractivity contribution is -0.140. The van der Waals surface area contributed by atoms with Gasteiger partial charge in [-0.05, 0) is 18.4 Å². The minimum Gasteiger partial charge on any atom is -0.379 e. The van der Waals surface area contributed by atoms with E-state index in [1.54, 1.807) is 4.90 Å². The molecule has 0 bridgehead atoms. The molecule has 4 saturated heterocycles. The topological polar surface area (TPSA) is 71.6 Å². The van der Waals surface area contributed by atoms with Crippen molar-refractivity contribution in [3.8, 4) is 0 Å². The Bertz CT molecular complexity index is 817. The van der Waals surface area contributed by atoms with Crippen LogP contribution in [0.25, 0.3) is 0 Å². The second-order valence-electron chi connectivity index (χ2n) is 9.13. The number of urea groups is 1. The van der Waals surface area contributed by atoms with E-state index in [9.17, 15) is 9.59 Å². The first-order chi connectivity index (χ1) is 15.6. The summed E-state index contributed by atoms with van der Waals surface area (Å²) in [4.78, 5) is 36.7. The molecule has 3 atom stereocenters. The molecule has 0 aromatic heterocycles. The molecule has 0 spiro atoms. The van der Waals surface area contributed by atoms with Gasteiger partial charge < -0.3 is 9.64 Å². The van der Waals surface area contributed by atoms with Gasteiger partial charge in [0.1, 0.15) is 18.5 Å². The zero-order valence-corrected chi connectivity index (χ0v) is 18.9. The van der Waals surface area contributed by atoms with Crippen LogP contribution in [0.1, 0.15) is 12.0 Å². The fraction of sp³-hybridized carbons (Fsp3) is 0.652. The van der Waals surface area contributed by atoms with Crippen LogP contribution in [-0.2, 0) is 16.0 Å². The Labute approximate surface area is 189 Å². The van der Waals surface area contributed by atoms with Crippen LogP contribution in [0, 0.1) is 0 Å². The predicted octanol–water partition coefficient (Wildman–Crippen LogP) is 0.0445. The molecule has 4 fully saturated rings. The molecule has 9 heteroatoms. The van der Waals surface area contributed by atoms with E-state index in [-0.39, 0.29) is 30.4 Å². The SMILES string of the molecule is CN1C(=O)N(CCN2CCOCC2)C(=O)C2C1NC1N(CCc3ccccc3)CCCN21. The normalized spacial score (nSPS) is 30.0. The molecule has 32 heavy (non-hydrogen) atoms. The Kier molecular flexibility index (Phi) is 6.43. The van der Waals surface area contributed by atoms with Gasteiger partial charge >= 0.3 is 6.03 Å². The van der Waals surface area contributed by atoms with E-state index < -0.39 is 0 Å². The number of hydrogen-bond donors (Lipinski definition) is 1. The van der Waals surface area contributed by atoms with Gasteiger partial charge in [-0.1, -0.05) is 30.3 Å². The molecule has 1 aromatic carbocycles. The molecule has 174 valence electrons. The minimum absolute atomic E-state index is 0.0131. The largest absolute Gasteiger partial charge is 0.379 e.